The minimum Gasteiger partial charge on any atom is -0.497 e. The number of rotatable bonds is 5. The Labute approximate surface area is 209 Å². The van der Waals surface area contributed by atoms with Crippen LogP contribution in [0.3, 0.4) is 0 Å². The number of methoxy groups -OCH3 is 1. The number of fused-ring (bicyclic) bond motifs is 2. The highest BCUT2D eigenvalue weighted by atomic mass is 19.1. The first-order valence-electron chi connectivity index (χ1n) is 11.6. The number of nitrogens with zero attached hydrogens (tertiary/aromatic N) is 5. The summed E-state index contributed by atoms with van der Waals surface area (Å²) in [6.07, 6.45) is 5.74. The van der Waals surface area contributed by atoms with Gasteiger partial charge in [0.25, 0.3) is 17.4 Å². The van der Waals surface area contributed by atoms with Crippen LogP contribution in [0.4, 0.5) is 10.1 Å². The molecule has 2 aromatic heterocycles. The summed E-state index contributed by atoms with van der Waals surface area (Å²) < 4.78 is 22.8. The van der Waals surface area contributed by atoms with Crippen molar-refractivity contribution in [3.05, 3.63) is 94.2 Å². The van der Waals surface area contributed by atoms with Crippen LogP contribution in [0.2, 0.25) is 0 Å². The van der Waals surface area contributed by atoms with Gasteiger partial charge in [0.15, 0.2) is 11.5 Å². The molecule has 0 atom stereocenters. The molecule has 2 N–H and O–H groups in total. The number of anilines is 1. The average Bonchev–Trinajstić information content (AvgIpc) is 3.55. The Kier molecular flexibility index (Phi) is 4.97. The molecule has 3 heterocycles. The Hall–Kier alpha value is -4.80. The van der Waals surface area contributed by atoms with Gasteiger partial charge in [-0.25, -0.2) is 9.07 Å². The highest BCUT2D eigenvalue weighted by Crippen LogP contribution is 2.54. The van der Waals surface area contributed by atoms with Crippen molar-refractivity contribution in [2.75, 3.05) is 18.6 Å². The van der Waals surface area contributed by atoms with Gasteiger partial charge in [0, 0.05) is 47.4 Å². The molecule has 11 heteroatoms. The first-order valence-corrected chi connectivity index (χ1v) is 11.6. The van der Waals surface area contributed by atoms with Crippen LogP contribution in [0, 0.1) is 5.82 Å². The van der Waals surface area contributed by atoms with E-state index < -0.39 is 23.0 Å². The van der Waals surface area contributed by atoms with E-state index in [4.69, 9.17) is 10.5 Å². The fraction of sp³-hybridized carbons (Fsp3) is 0.192. The predicted molar refractivity (Wildman–Crippen MR) is 131 cm³/mol. The standard InChI is InChI=1S/C26H21FN6O4/c1-37-17-6-7-19(18(27)12-17)33-23-21(22(30-33)24(28)35)26(8-9-26)14-32(25(23)36)16-4-2-15(3-5-16)31-11-10-29-13-20(31)34/h2-7,10-13H,8-9,14H2,1H3,(H2,28,35). The van der Waals surface area contributed by atoms with E-state index in [9.17, 15) is 14.4 Å². The smallest absolute Gasteiger partial charge is 0.277 e. The van der Waals surface area contributed by atoms with Gasteiger partial charge in [0.2, 0.25) is 0 Å². The molecule has 37 heavy (non-hydrogen) atoms. The molecule has 6 rings (SSSR count). The Bertz CT molecular complexity index is 1640. The molecule has 10 nitrogen and oxygen atoms in total. The minimum absolute atomic E-state index is 0.00274. The number of aromatic nitrogens is 4. The number of ether oxygens (including phenoxy) is 1. The van der Waals surface area contributed by atoms with Crippen LogP contribution in [-0.2, 0) is 5.41 Å². The van der Waals surface area contributed by atoms with Gasteiger partial charge in [-0.1, -0.05) is 0 Å². The molecule has 1 saturated carbocycles. The number of nitrogens with two attached hydrogens (primary N) is 1. The maximum Gasteiger partial charge on any atom is 0.277 e. The largest absolute Gasteiger partial charge is 0.497 e. The van der Waals surface area contributed by atoms with E-state index in [0.717, 1.165) is 12.8 Å². The topological polar surface area (TPSA) is 125 Å². The third kappa shape index (κ3) is 3.50. The Morgan fingerprint density at radius 2 is 1.84 bits per heavy atom. The molecule has 0 radical (unpaired) electrons. The summed E-state index contributed by atoms with van der Waals surface area (Å²) in [7, 11) is 1.42. The number of carbonyl (C=O) groups is 2. The molecule has 4 aromatic rings. The van der Waals surface area contributed by atoms with Gasteiger partial charge in [-0.05, 0) is 49.2 Å². The molecule has 186 valence electrons. The summed E-state index contributed by atoms with van der Waals surface area (Å²) in [6.45, 7) is 0.324. The van der Waals surface area contributed by atoms with Gasteiger partial charge in [0.1, 0.15) is 17.1 Å². The van der Waals surface area contributed by atoms with E-state index in [2.05, 4.69) is 10.1 Å². The lowest BCUT2D eigenvalue weighted by atomic mass is 9.88. The second kappa shape index (κ2) is 8.12. The Balaban J connectivity index is 1.47. The first-order chi connectivity index (χ1) is 17.8. The van der Waals surface area contributed by atoms with E-state index >= 15 is 4.39 Å². The molecule has 2 aromatic carbocycles. The molecule has 0 unspecified atom stereocenters. The molecule has 2 amide bonds. The van der Waals surface area contributed by atoms with Crippen molar-refractivity contribution in [1.82, 2.24) is 19.3 Å². The predicted octanol–water partition coefficient (Wildman–Crippen LogP) is 2.36. The maximum atomic E-state index is 15.1. The maximum absolute atomic E-state index is 15.1. The second-order valence-electron chi connectivity index (χ2n) is 9.14. The lowest BCUT2D eigenvalue weighted by Gasteiger charge is -2.33. The van der Waals surface area contributed by atoms with Crippen LogP contribution in [0.15, 0.2) is 65.8 Å². The normalized spacial score (nSPS) is 15.5. The zero-order valence-corrected chi connectivity index (χ0v) is 19.7. The molecule has 2 aliphatic rings. The van der Waals surface area contributed by atoms with E-state index in [1.807, 2.05) is 0 Å². The number of benzene rings is 2. The molecule has 1 spiro atoms. The van der Waals surface area contributed by atoms with E-state index in [1.54, 1.807) is 41.4 Å². The minimum atomic E-state index is -0.774. The van der Waals surface area contributed by atoms with Gasteiger partial charge in [0.05, 0.1) is 13.3 Å². The number of carbonyl (C=O) groups excluding carboxylic acids is 2. The second-order valence-corrected chi connectivity index (χ2v) is 9.14. The van der Waals surface area contributed by atoms with Crippen molar-refractivity contribution >= 4 is 17.5 Å². The summed E-state index contributed by atoms with van der Waals surface area (Å²) in [5.41, 5.74) is 6.63. The highest BCUT2D eigenvalue weighted by Gasteiger charge is 2.56. The Morgan fingerprint density at radius 1 is 1.11 bits per heavy atom. The lowest BCUT2D eigenvalue weighted by molar-refractivity contribution is 0.0966. The van der Waals surface area contributed by atoms with Gasteiger partial charge in [-0.3, -0.25) is 23.9 Å². The molecular weight excluding hydrogens is 479 g/mol. The fourth-order valence-electron chi connectivity index (χ4n) is 4.95. The van der Waals surface area contributed by atoms with Crippen molar-refractivity contribution in [3.63, 3.8) is 0 Å². The molecule has 1 fully saturated rings. The summed E-state index contributed by atoms with van der Waals surface area (Å²) in [6, 6.07) is 11.1. The lowest BCUT2D eigenvalue weighted by Crippen LogP contribution is -2.45. The monoisotopic (exact) mass is 500 g/mol. The summed E-state index contributed by atoms with van der Waals surface area (Å²) >= 11 is 0. The number of hydrogen-bond acceptors (Lipinski definition) is 6. The van der Waals surface area contributed by atoms with Crippen molar-refractivity contribution in [1.29, 1.82) is 0 Å². The van der Waals surface area contributed by atoms with Gasteiger partial charge < -0.3 is 15.4 Å². The molecule has 0 bridgehead atoms. The fourth-order valence-corrected chi connectivity index (χ4v) is 4.95. The zero-order valence-electron chi connectivity index (χ0n) is 19.7. The molecular formula is C26H21FN6O4. The number of halogens is 1. The van der Waals surface area contributed by atoms with Gasteiger partial charge in [-0.2, -0.15) is 5.10 Å². The molecule has 1 aliphatic carbocycles. The number of hydrogen-bond donors (Lipinski definition) is 1. The van der Waals surface area contributed by atoms with Crippen molar-refractivity contribution < 1.29 is 18.7 Å². The first kappa shape index (κ1) is 22.7. The van der Waals surface area contributed by atoms with Crippen LogP contribution < -0.4 is 20.9 Å². The van der Waals surface area contributed by atoms with Crippen LogP contribution in [0.25, 0.3) is 11.4 Å². The zero-order chi connectivity index (χ0) is 25.9. The summed E-state index contributed by atoms with van der Waals surface area (Å²) in [4.78, 5) is 43.8. The third-order valence-electron chi connectivity index (χ3n) is 6.96. The van der Waals surface area contributed by atoms with Gasteiger partial charge in [-0.15, -0.1) is 0 Å². The van der Waals surface area contributed by atoms with E-state index in [0.29, 0.717) is 29.2 Å². The number of primary amides is 1. The molecule has 1 aliphatic heterocycles. The SMILES string of the molecule is COc1ccc(-n2nc(C(N)=O)c3c2C(=O)N(c2ccc(-n4ccncc4=O)cc2)CC32CC2)c(F)c1. The number of amides is 2. The van der Waals surface area contributed by atoms with Crippen molar-refractivity contribution in [2.24, 2.45) is 5.73 Å². The summed E-state index contributed by atoms with van der Waals surface area (Å²) in [5.74, 6) is -1.57. The summed E-state index contributed by atoms with van der Waals surface area (Å²) in [5, 5.41) is 4.33. The molecule has 0 saturated heterocycles. The average molecular weight is 500 g/mol. The van der Waals surface area contributed by atoms with E-state index in [-0.39, 0.29) is 22.6 Å². The van der Waals surface area contributed by atoms with Gasteiger partial charge >= 0.3 is 0 Å². The quantitative estimate of drug-likeness (QED) is 0.449. The van der Waals surface area contributed by atoms with Crippen molar-refractivity contribution in [2.45, 2.75) is 18.3 Å². The van der Waals surface area contributed by atoms with Crippen molar-refractivity contribution in [3.8, 4) is 17.1 Å². The third-order valence-corrected chi connectivity index (χ3v) is 6.96. The van der Waals surface area contributed by atoms with Crippen LogP contribution in [0.5, 0.6) is 5.75 Å². The highest BCUT2D eigenvalue weighted by molar-refractivity contribution is 6.10. The van der Waals surface area contributed by atoms with Crippen LogP contribution in [0.1, 0.15) is 39.4 Å². The Morgan fingerprint density at radius 3 is 2.46 bits per heavy atom. The van der Waals surface area contributed by atoms with Crippen LogP contribution in [-0.4, -0.2) is 44.8 Å². The van der Waals surface area contributed by atoms with Crippen LogP contribution >= 0.6 is 0 Å². The van der Waals surface area contributed by atoms with E-state index in [1.165, 1.54) is 40.9 Å².